The Kier molecular flexibility index (Phi) is 63.4. The molecule has 1 amide bonds. The Hall–Kier alpha value is -1.66. The number of aliphatic hydroxyl groups excluding tert-OH is 2. The Morgan fingerprint density at radius 3 is 0.947 bits per heavy atom. The molecule has 75 heavy (non-hydrogen) atoms. The summed E-state index contributed by atoms with van der Waals surface area (Å²) in [5.41, 5.74) is 0. The highest BCUT2D eigenvalue weighted by Crippen LogP contribution is 2.18. The summed E-state index contributed by atoms with van der Waals surface area (Å²) >= 11 is 0. The molecule has 0 bridgehead atoms. The van der Waals surface area contributed by atoms with Gasteiger partial charge >= 0.3 is 5.97 Å². The molecule has 0 aromatic heterocycles. The molecule has 2 atom stereocenters. The van der Waals surface area contributed by atoms with E-state index in [-0.39, 0.29) is 18.5 Å². The minimum Gasteiger partial charge on any atom is -0.466 e. The van der Waals surface area contributed by atoms with Crippen LogP contribution in [0.25, 0.3) is 0 Å². The number of carbonyl (C=O) groups is 2. The maximum absolute atomic E-state index is 12.5. The fourth-order valence-electron chi connectivity index (χ4n) is 10.7. The van der Waals surface area contributed by atoms with E-state index in [1.807, 2.05) is 6.08 Å². The largest absolute Gasteiger partial charge is 0.466 e. The molecule has 0 spiro atoms. The molecule has 0 radical (unpaired) electrons. The topological polar surface area (TPSA) is 95.9 Å². The summed E-state index contributed by atoms with van der Waals surface area (Å²) in [7, 11) is 0. The number of esters is 1. The number of hydrogen-bond acceptors (Lipinski definition) is 5. The third-order valence-electron chi connectivity index (χ3n) is 16.0. The molecule has 0 saturated carbocycles. The average molecular weight is 1060 g/mol. The van der Waals surface area contributed by atoms with Gasteiger partial charge in [0.15, 0.2) is 0 Å². The third-order valence-corrected chi connectivity index (χ3v) is 16.0. The maximum atomic E-state index is 12.5. The number of carbonyl (C=O) groups excluding carboxylic acids is 2. The highest BCUT2D eigenvalue weighted by Gasteiger charge is 2.18. The van der Waals surface area contributed by atoms with Gasteiger partial charge in [0.2, 0.25) is 5.91 Å². The van der Waals surface area contributed by atoms with Crippen LogP contribution < -0.4 is 5.32 Å². The first-order valence-corrected chi connectivity index (χ1v) is 34.1. The minimum absolute atomic E-state index is 0.0195. The summed E-state index contributed by atoms with van der Waals surface area (Å²) < 4.78 is 5.50. The summed E-state index contributed by atoms with van der Waals surface area (Å²) in [6.45, 7) is 4.93. The van der Waals surface area contributed by atoms with Gasteiger partial charge in [-0.2, -0.15) is 0 Å². The van der Waals surface area contributed by atoms with Gasteiger partial charge in [0.25, 0.3) is 0 Å². The van der Waals surface area contributed by atoms with Crippen LogP contribution in [-0.2, 0) is 14.3 Å². The predicted octanol–water partition coefficient (Wildman–Crippen LogP) is 21.8. The second-order valence-electron chi connectivity index (χ2n) is 23.5. The third kappa shape index (κ3) is 61.4. The molecule has 0 aromatic rings. The van der Waals surface area contributed by atoms with Gasteiger partial charge in [-0.25, -0.2) is 0 Å². The highest BCUT2D eigenvalue weighted by atomic mass is 16.5. The second kappa shape index (κ2) is 64.9. The van der Waals surface area contributed by atoms with E-state index in [0.717, 1.165) is 38.5 Å². The minimum atomic E-state index is -0.843. The predicted molar refractivity (Wildman–Crippen MR) is 329 cm³/mol. The number of ether oxygens (including phenoxy) is 1. The first-order chi connectivity index (χ1) is 37.0. The van der Waals surface area contributed by atoms with Gasteiger partial charge in [-0.05, 0) is 57.8 Å². The van der Waals surface area contributed by atoms with Crippen LogP contribution in [-0.4, -0.2) is 47.4 Å². The molecule has 0 fully saturated rings. The van der Waals surface area contributed by atoms with E-state index in [1.54, 1.807) is 6.08 Å². The van der Waals surface area contributed by atoms with Crippen molar-refractivity contribution in [3.63, 3.8) is 0 Å². The van der Waals surface area contributed by atoms with Crippen LogP contribution in [0.4, 0.5) is 0 Å². The molecule has 0 aliphatic carbocycles. The summed E-state index contributed by atoms with van der Waals surface area (Å²) in [6.07, 6.45) is 81.1. The zero-order chi connectivity index (χ0) is 54.3. The Bertz CT molecular complexity index is 1170. The smallest absolute Gasteiger partial charge is 0.305 e. The van der Waals surface area contributed by atoms with Crippen LogP contribution >= 0.6 is 0 Å². The van der Waals surface area contributed by atoms with E-state index < -0.39 is 12.1 Å². The molecular formula is C69H133NO5. The van der Waals surface area contributed by atoms with Crippen molar-refractivity contribution in [3.05, 3.63) is 24.3 Å². The second-order valence-corrected chi connectivity index (χ2v) is 23.5. The molecular weight excluding hydrogens is 923 g/mol. The monoisotopic (exact) mass is 1060 g/mol. The molecule has 6 heteroatoms. The van der Waals surface area contributed by atoms with E-state index in [9.17, 15) is 19.8 Å². The molecule has 3 N–H and O–H groups in total. The highest BCUT2D eigenvalue weighted by molar-refractivity contribution is 5.76. The Labute approximate surface area is 469 Å². The number of nitrogens with one attached hydrogen (secondary N) is 1. The number of hydrogen-bond donors (Lipinski definition) is 3. The van der Waals surface area contributed by atoms with E-state index in [4.69, 9.17) is 4.74 Å². The van der Waals surface area contributed by atoms with Gasteiger partial charge in [-0.15, -0.1) is 0 Å². The molecule has 6 nitrogen and oxygen atoms in total. The number of rotatable bonds is 64. The zero-order valence-electron chi connectivity index (χ0n) is 50.8. The zero-order valence-corrected chi connectivity index (χ0v) is 50.8. The Morgan fingerprint density at radius 2 is 0.627 bits per heavy atom. The summed E-state index contributed by atoms with van der Waals surface area (Å²) in [4.78, 5) is 24.6. The fourth-order valence-corrected chi connectivity index (χ4v) is 10.7. The molecule has 2 unspecified atom stereocenters. The number of amides is 1. The SMILES string of the molecule is CCCCCCCCCCCCCC/C=C/C(O)C(CO)NC(=O)CCCCCCCCCCCCCC/C=C\CCCCCCCCCCCCCCOC(=O)CCCCCCCCCCCCCCCCCC. The van der Waals surface area contributed by atoms with Crippen LogP contribution in [0, 0.1) is 0 Å². The first-order valence-electron chi connectivity index (χ1n) is 34.1. The van der Waals surface area contributed by atoms with Crippen molar-refractivity contribution < 1.29 is 24.5 Å². The molecule has 0 saturated heterocycles. The molecule has 0 rings (SSSR count). The molecule has 444 valence electrons. The lowest BCUT2D eigenvalue weighted by molar-refractivity contribution is -0.143. The van der Waals surface area contributed by atoms with Gasteiger partial charge in [0.05, 0.1) is 25.4 Å². The summed E-state index contributed by atoms with van der Waals surface area (Å²) in [6, 6.07) is -0.627. The summed E-state index contributed by atoms with van der Waals surface area (Å²) in [5, 5.41) is 23.1. The fraction of sp³-hybridized carbons (Fsp3) is 0.913. The quantitative estimate of drug-likeness (QED) is 0.0320. The van der Waals surface area contributed by atoms with Crippen molar-refractivity contribution >= 4 is 11.9 Å². The van der Waals surface area contributed by atoms with Gasteiger partial charge in [-0.1, -0.05) is 334 Å². The van der Waals surface area contributed by atoms with Gasteiger partial charge in [-0.3, -0.25) is 9.59 Å². The van der Waals surface area contributed by atoms with Crippen molar-refractivity contribution in [2.24, 2.45) is 0 Å². The first kappa shape index (κ1) is 73.3. The van der Waals surface area contributed by atoms with Crippen LogP contribution in [0.2, 0.25) is 0 Å². The number of unbranched alkanes of at least 4 members (excludes halogenated alkanes) is 51. The maximum Gasteiger partial charge on any atom is 0.305 e. The molecule has 0 aromatic carbocycles. The van der Waals surface area contributed by atoms with E-state index in [2.05, 4.69) is 31.3 Å². The number of aliphatic hydroxyl groups is 2. The van der Waals surface area contributed by atoms with Gasteiger partial charge in [0, 0.05) is 12.8 Å². The average Bonchev–Trinajstić information content (AvgIpc) is 3.41. The summed E-state index contributed by atoms with van der Waals surface area (Å²) in [5.74, 6) is -0.0466. The van der Waals surface area contributed by atoms with E-state index in [0.29, 0.717) is 19.4 Å². The van der Waals surface area contributed by atoms with Crippen molar-refractivity contribution in [2.75, 3.05) is 13.2 Å². The van der Waals surface area contributed by atoms with Crippen LogP contribution in [0.1, 0.15) is 380 Å². The Balaban J connectivity index is 3.37. The number of allylic oxidation sites excluding steroid dienone is 3. The molecule has 0 aliphatic rings. The molecule has 0 heterocycles. The van der Waals surface area contributed by atoms with Crippen molar-refractivity contribution in [3.8, 4) is 0 Å². The van der Waals surface area contributed by atoms with Gasteiger partial charge in [0.1, 0.15) is 0 Å². The van der Waals surface area contributed by atoms with Crippen molar-refractivity contribution in [1.29, 1.82) is 0 Å². The molecule has 0 aliphatic heterocycles. The van der Waals surface area contributed by atoms with Crippen LogP contribution in [0.15, 0.2) is 24.3 Å². The lowest BCUT2D eigenvalue weighted by Crippen LogP contribution is -2.45. The van der Waals surface area contributed by atoms with E-state index in [1.165, 1.54) is 315 Å². The lowest BCUT2D eigenvalue weighted by Gasteiger charge is -2.20. The normalized spacial score (nSPS) is 12.6. The van der Waals surface area contributed by atoms with Crippen molar-refractivity contribution in [2.45, 2.75) is 392 Å². The van der Waals surface area contributed by atoms with Gasteiger partial charge < -0.3 is 20.3 Å². The Morgan fingerprint density at radius 1 is 0.360 bits per heavy atom. The van der Waals surface area contributed by atoms with Crippen molar-refractivity contribution in [1.82, 2.24) is 5.32 Å². The lowest BCUT2D eigenvalue weighted by atomic mass is 10.0. The van der Waals surface area contributed by atoms with Crippen LogP contribution in [0.3, 0.4) is 0 Å². The van der Waals surface area contributed by atoms with E-state index >= 15 is 0 Å². The van der Waals surface area contributed by atoms with Crippen LogP contribution in [0.5, 0.6) is 0 Å². The standard InChI is InChI=1S/C69H133NO5/c1-3-5-7-9-11-13-15-17-19-35-39-43-47-51-55-59-63-69(74)75-64-60-56-52-48-44-40-36-33-31-29-27-25-23-21-20-22-24-26-28-30-32-34-38-42-46-50-54-58-62-68(73)70-66(65-71)67(72)61-57-53-49-45-41-37-18-16-14-12-10-8-6-4-2/h20-21,57,61,66-67,71-72H,3-19,22-56,58-60,62-65H2,1-2H3,(H,70,73)/b21-20-,61-57+.